The maximum Gasteiger partial charge on any atom is 0.287 e. The summed E-state index contributed by atoms with van der Waals surface area (Å²) < 4.78 is 1.10. The summed E-state index contributed by atoms with van der Waals surface area (Å²) in [5, 5.41) is 24.9. The van der Waals surface area contributed by atoms with Gasteiger partial charge in [-0.15, -0.1) is 0 Å². The number of anilines is 1. The minimum atomic E-state index is -0.445. The standard InChI is InChI=1S/C10H14ClN3O3/c11-8-7(13-10(6-16)1-2-10)5-12-14(3-4-15)9(8)17/h5,13,15-16H,1-4,6H2. The molecule has 1 saturated carbocycles. The van der Waals surface area contributed by atoms with Gasteiger partial charge < -0.3 is 15.5 Å². The van der Waals surface area contributed by atoms with Crippen LogP contribution in [0.25, 0.3) is 0 Å². The zero-order chi connectivity index (χ0) is 12.5. The number of aliphatic hydroxyl groups is 2. The molecule has 0 radical (unpaired) electrons. The van der Waals surface area contributed by atoms with Crippen LogP contribution in [-0.2, 0) is 6.54 Å². The molecule has 0 amide bonds. The van der Waals surface area contributed by atoms with Gasteiger partial charge in [-0.1, -0.05) is 11.6 Å². The van der Waals surface area contributed by atoms with Crippen molar-refractivity contribution >= 4 is 17.3 Å². The quantitative estimate of drug-likeness (QED) is 0.683. The van der Waals surface area contributed by atoms with E-state index in [1.54, 1.807) is 0 Å². The van der Waals surface area contributed by atoms with Crippen LogP contribution in [0.5, 0.6) is 0 Å². The summed E-state index contributed by atoms with van der Waals surface area (Å²) in [6.45, 7) is -0.0520. The van der Waals surface area contributed by atoms with Crippen molar-refractivity contribution < 1.29 is 10.2 Å². The van der Waals surface area contributed by atoms with Gasteiger partial charge in [-0.3, -0.25) is 4.79 Å². The highest BCUT2D eigenvalue weighted by molar-refractivity contribution is 6.32. The summed E-state index contributed by atoms with van der Waals surface area (Å²) in [5.74, 6) is 0. The van der Waals surface area contributed by atoms with Crippen LogP contribution in [0, 0.1) is 0 Å². The Balaban J connectivity index is 2.25. The van der Waals surface area contributed by atoms with Gasteiger partial charge in [0.05, 0.1) is 37.2 Å². The van der Waals surface area contributed by atoms with E-state index in [-0.39, 0.29) is 30.3 Å². The fourth-order valence-corrected chi connectivity index (χ4v) is 1.76. The van der Waals surface area contributed by atoms with Crippen LogP contribution in [0.15, 0.2) is 11.0 Å². The molecule has 3 N–H and O–H groups in total. The number of aromatic nitrogens is 2. The maximum atomic E-state index is 11.7. The zero-order valence-electron chi connectivity index (χ0n) is 9.19. The van der Waals surface area contributed by atoms with Crippen molar-refractivity contribution in [1.82, 2.24) is 9.78 Å². The van der Waals surface area contributed by atoms with Gasteiger partial charge in [-0.25, -0.2) is 4.68 Å². The number of rotatable bonds is 5. The SMILES string of the molecule is O=c1c(Cl)c(NC2(CO)CC2)cnn1CCO. The third-order valence-corrected chi connectivity index (χ3v) is 3.22. The average molecular weight is 260 g/mol. The van der Waals surface area contributed by atoms with E-state index in [1.807, 2.05) is 0 Å². The summed E-state index contributed by atoms with van der Waals surface area (Å²) in [7, 11) is 0. The number of hydrogen-bond donors (Lipinski definition) is 3. The summed E-state index contributed by atoms with van der Waals surface area (Å²) in [6.07, 6.45) is 3.13. The summed E-state index contributed by atoms with van der Waals surface area (Å²) in [6, 6.07) is 0. The molecule has 0 spiro atoms. The molecule has 1 aliphatic rings. The molecule has 94 valence electrons. The number of halogens is 1. The van der Waals surface area contributed by atoms with E-state index >= 15 is 0 Å². The van der Waals surface area contributed by atoms with Crippen molar-refractivity contribution in [3.8, 4) is 0 Å². The van der Waals surface area contributed by atoms with Gasteiger partial charge in [0.15, 0.2) is 0 Å². The number of nitrogens with zero attached hydrogens (tertiary/aromatic N) is 2. The highest BCUT2D eigenvalue weighted by Gasteiger charge is 2.42. The lowest BCUT2D eigenvalue weighted by molar-refractivity contribution is 0.265. The van der Waals surface area contributed by atoms with E-state index < -0.39 is 5.56 Å². The molecule has 1 heterocycles. The Morgan fingerprint density at radius 1 is 1.53 bits per heavy atom. The van der Waals surface area contributed by atoms with Crippen LogP contribution in [0.1, 0.15) is 12.8 Å². The first-order valence-corrected chi connectivity index (χ1v) is 5.75. The lowest BCUT2D eigenvalue weighted by Crippen LogP contribution is -2.30. The minimum absolute atomic E-state index is 0.00303. The van der Waals surface area contributed by atoms with Crippen molar-refractivity contribution in [2.75, 3.05) is 18.5 Å². The van der Waals surface area contributed by atoms with Crippen molar-refractivity contribution in [2.45, 2.75) is 24.9 Å². The Morgan fingerprint density at radius 3 is 2.76 bits per heavy atom. The first-order valence-electron chi connectivity index (χ1n) is 5.37. The molecular formula is C10H14ClN3O3. The predicted octanol–water partition coefficient (Wildman–Crippen LogP) is -0.174. The van der Waals surface area contributed by atoms with E-state index in [2.05, 4.69) is 10.4 Å². The maximum absolute atomic E-state index is 11.7. The fourth-order valence-electron chi connectivity index (χ4n) is 1.57. The molecular weight excluding hydrogens is 246 g/mol. The lowest BCUT2D eigenvalue weighted by atomic mass is 10.3. The van der Waals surface area contributed by atoms with E-state index in [9.17, 15) is 9.90 Å². The Hall–Kier alpha value is -1.11. The molecule has 0 bridgehead atoms. The third-order valence-electron chi connectivity index (χ3n) is 2.85. The highest BCUT2D eigenvalue weighted by Crippen LogP contribution is 2.39. The van der Waals surface area contributed by atoms with Crippen molar-refractivity contribution in [2.24, 2.45) is 0 Å². The summed E-state index contributed by atoms with van der Waals surface area (Å²) in [5.41, 5.74) is -0.363. The van der Waals surface area contributed by atoms with Gasteiger partial charge in [0, 0.05) is 0 Å². The molecule has 0 aromatic carbocycles. The predicted molar refractivity (Wildman–Crippen MR) is 63.3 cm³/mol. The molecule has 6 nitrogen and oxygen atoms in total. The van der Waals surface area contributed by atoms with Crippen LogP contribution < -0.4 is 10.9 Å². The van der Waals surface area contributed by atoms with E-state index in [4.69, 9.17) is 16.7 Å². The Bertz CT molecular complexity index is 470. The van der Waals surface area contributed by atoms with Crippen LogP contribution in [0.2, 0.25) is 5.02 Å². The molecule has 1 aromatic heterocycles. The number of aliphatic hydroxyl groups excluding tert-OH is 2. The van der Waals surface area contributed by atoms with Crippen molar-refractivity contribution in [3.63, 3.8) is 0 Å². The van der Waals surface area contributed by atoms with Gasteiger partial charge in [-0.2, -0.15) is 5.10 Å². The first kappa shape index (κ1) is 12.3. The second kappa shape index (κ2) is 4.64. The Morgan fingerprint density at radius 2 is 2.24 bits per heavy atom. The highest BCUT2D eigenvalue weighted by atomic mass is 35.5. The van der Waals surface area contributed by atoms with Crippen molar-refractivity contribution in [1.29, 1.82) is 0 Å². The molecule has 7 heteroatoms. The van der Waals surface area contributed by atoms with Gasteiger partial charge in [-0.05, 0) is 12.8 Å². The normalized spacial score (nSPS) is 16.9. The molecule has 0 atom stereocenters. The molecule has 17 heavy (non-hydrogen) atoms. The zero-order valence-corrected chi connectivity index (χ0v) is 9.94. The van der Waals surface area contributed by atoms with Gasteiger partial charge in [0.2, 0.25) is 0 Å². The topological polar surface area (TPSA) is 87.4 Å². The minimum Gasteiger partial charge on any atom is -0.394 e. The van der Waals surface area contributed by atoms with E-state index in [0.717, 1.165) is 17.5 Å². The Labute approximate surface area is 103 Å². The lowest BCUT2D eigenvalue weighted by Gasteiger charge is -2.16. The van der Waals surface area contributed by atoms with E-state index in [1.165, 1.54) is 6.20 Å². The van der Waals surface area contributed by atoms with E-state index in [0.29, 0.717) is 5.69 Å². The molecule has 1 aliphatic carbocycles. The molecule has 1 fully saturated rings. The smallest absolute Gasteiger partial charge is 0.287 e. The molecule has 0 aliphatic heterocycles. The summed E-state index contributed by atoms with van der Waals surface area (Å²) >= 11 is 5.93. The molecule has 0 unspecified atom stereocenters. The van der Waals surface area contributed by atoms with Crippen molar-refractivity contribution in [3.05, 3.63) is 21.6 Å². The van der Waals surface area contributed by atoms with Crippen LogP contribution >= 0.6 is 11.6 Å². The number of hydrogen-bond acceptors (Lipinski definition) is 5. The van der Waals surface area contributed by atoms with Gasteiger partial charge in [0.1, 0.15) is 5.02 Å². The average Bonchev–Trinajstić information content (AvgIpc) is 3.10. The second-order valence-electron chi connectivity index (χ2n) is 4.19. The molecule has 1 aromatic rings. The van der Waals surface area contributed by atoms with Gasteiger partial charge in [0.25, 0.3) is 5.56 Å². The Kier molecular flexibility index (Phi) is 3.37. The van der Waals surface area contributed by atoms with Crippen LogP contribution in [-0.4, -0.2) is 38.7 Å². The number of nitrogens with one attached hydrogen (secondary N) is 1. The first-order chi connectivity index (χ1) is 8.12. The third kappa shape index (κ3) is 2.43. The summed E-state index contributed by atoms with van der Waals surface area (Å²) in [4.78, 5) is 11.7. The largest absolute Gasteiger partial charge is 0.394 e. The van der Waals surface area contributed by atoms with Crippen LogP contribution in [0.3, 0.4) is 0 Å². The molecule has 0 saturated heterocycles. The van der Waals surface area contributed by atoms with Crippen LogP contribution in [0.4, 0.5) is 5.69 Å². The monoisotopic (exact) mass is 259 g/mol. The molecule has 2 rings (SSSR count). The fraction of sp³-hybridized carbons (Fsp3) is 0.600. The second-order valence-corrected chi connectivity index (χ2v) is 4.57. The van der Waals surface area contributed by atoms with Gasteiger partial charge >= 0.3 is 0 Å².